The highest BCUT2D eigenvalue weighted by molar-refractivity contribution is 5.90. The van der Waals surface area contributed by atoms with Gasteiger partial charge in [0.05, 0.1) is 17.1 Å². The predicted molar refractivity (Wildman–Crippen MR) is 161 cm³/mol. The van der Waals surface area contributed by atoms with Gasteiger partial charge in [0.15, 0.2) is 0 Å². The summed E-state index contributed by atoms with van der Waals surface area (Å²) in [5.74, 6) is 0.362. The Labute approximate surface area is 242 Å². The predicted octanol–water partition coefficient (Wildman–Crippen LogP) is 4.37. The number of piperazine rings is 1. The first-order chi connectivity index (χ1) is 19.9. The molecule has 1 amide bonds. The Kier molecular flexibility index (Phi) is 9.53. The number of aryl methyl sites for hydroxylation is 1. The highest BCUT2D eigenvalue weighted by Gasteiger charge is 2.24. The summed E-state index contributed by atoms with van der Waals surface area (Å²) < 4.78 is 14.9. The van der Waals surface area contributed by atoms with Crippen LogP contribution in [-0.2, 0) is 11.2 Å². The molecule has 2 N–H and O–H groups in total. The average molecular weight is 561 g/mol. The number of benzene rings is 1. The molecule has 5 rings (SSSR count). The highest BCUT2D eigenvalue weighted by atomic mass is 19.1. The summed E-state index contributed by atoms with van der Waals surface area (Å²) >= 11 is 0. The number of likely N-dealkylation sites (N-methyl/N-ethyl adjacent to an activating group) is 1. The van der Waals surface area contributed by atoms with Crippen molar-refractivity contribution in [3.63, 3.8) is 0 Å². The molecule has 2 aliphatic rings. The zero-order chi connectivity index (χ0) is 28.8. The number of anilines is 3. The van der Waals surface area contributed by atoms with Crippen LogP contribution < -0.4 is 10.6 Å². The fourth-order valence-corrected chi connectivity index (χ4v) is 5.47. The molecule has 2 fully saturated rings. The molecule has 41 heavy (non-hydrogen) atoms. The van der Waals surface area contributed by atoms with Crippen LogP contribution in [0.4, 0.5) is 21.6 Å². The van der Waals surface area contributed by atoms with Gasteiger partial charge in [-0.1, -0.05) is 13.0 Å². The van der Waals surface area contributed by atoms with Crippen LogP contribution in [0.3, 0.4) is 0 Å². The van der Waals surface area contributed by atoms with Crippen molar-refractivity contribution in [2.45, 2.75) is 38.5 Å². The maximum absolute atomic E-state index is 14.9. The molecule has 1 aromatic carbocycles. The Morgan fingerprint density at radius 1 is 0.976 bits per heavy atom. The lowest BCUT2D eigenvalue weighted by Gasteiger charge is -2.32. The molecule has 0 spiro atoms. The third kappa shape index (κ3) is 7.63. The van der Waals surface area contributed by atoms with E-state index in [1.165, 1.54) is 6.07 Å². The third-order valence-corrected chi connectivity index (χ3v) is 8.20. The lowest BCUT2D eigenvalue weighted by atomic mass is 9.92. The number of pyridine rings is 1. The number of hydrogen-bond donors (Lipinski definition) is 2. The molecule has 2 aromatic heterocycles. The number of nitrogens with one attached hydrogen (secondary N) is 2. The number of aromatic nitrogens is 3. The smallest absolute Gasteiger partial charge is 0.226 e. The van der Waals surface area contributed by atoms with Crippen LogP contribution in [0.2, 0.25) is 0 Å². The van der Waals surface area contributed by atoms with Crippen molar-refractivity contribution in [2.24, 2.45) is 0 Å². The lowest BCUT2D eigenvalue weighted by molar-refractivity contribution is -0.116. The number of rotatable bonds is 9. The monoisotopic (exact) mass is 560 g/mol. The van der Waals surface area contributed by atoms with Crippen molar-refractivity contribution in [2.75, 3.05) is 70.5 Å². The first-order valence-electron chi connectivity index (χ1n) is 14.7. The number of amides is 1. The molecule has 2 aliphatic heterocycles. The summed E-state index contributed by atoms with van der Waals surface area (Å²) in [6.07, 6.45) is 4.85. The van der Waals surface area contributed by atoms with Crippen LogP contribution in [-0.4, -0.2) is 95.7 Å². The minimum atomic E-state index is -0.319. The molecular weight excluding hydrogens is 519 g/mol. The van der Waals surface area contributed by atoms with Gasteiger partial charge >= 0.3 is 0 Å². The minimum absolute atomic E-state index is 0.0558. The fraction of sp³-hybridized carbons (Fsp3) is 0.484. The molecule has 2 saturated heterocycles. The molecule has 9 nitrogen and oxygen atoms in total. The van der Waals surface area contributed by atoms with Crippen LogP contribution in [0, 0.1) is 5.82 Å². The number of hydrogen-bond acceptors (Lipinski definition) is 8. The molecule has 218 valence electrons. The number of nitrogens with zero attached hydrogens (tertiary/aromatic N) is 6. The van der Waals surface area contributed by atoms with Crippen molar-refractivity contribution in [3.05, 3.63) is 59.7 Å². The van der Waals surface area contributed by atoms with Crippen molar-refractivity contribution < 1.29 is 9.18 Å². The summed E-state index contributed by atoms with van der Waals surface area (Å²) in [5, 5.41) is 15.6. The zero-order valence-electron chi connectivity index (χ0n) is 24.4. The standard InChI is InChI=1S/C31H41FN8O/c1-4-22-5-6-26(32)25(19-22)27-21-28(31(37-36-27)23-8-12-38(2)13-9-23)34-24-7-11-33-29(20-24)35-30(41)10-14-40-17-15-39(3)16-18-40/h5-7,11,19-21,23H,4,8-10,12-18H2,1-3H3,(H2,33,34,35,36,41). The van der Waals surface area contributed by atoms with Gasteiger partial charge in [0.1, 0.15) is 11.6 Å². The SMILES string of the molecule is CCc1ccc(F)c(-c2cc(Nc3ccnc(NC(=O)CCN4CCN(C)CC4)c3)c(C3CCN(C)CC3)nn2)c1. The highest BCUT2D eigenvalue weighted by Crippen LogP contribution is 2.35. The summed E-state index contributed by atoms with van der Waals surface area (Å²) in [6.45, 7) is 8.77. The van der Waals surface area contributed by atoms with Gasteiger partial charge in [-0.05, 0) is 76.3 Å². The summed E-state index contributed by atoms with van der Waals surface area (Å²) in [5.41, 5.74) is 4.42. The molecule has 10 heteroatoms. The molecule has 0 saturated carbocycles. The topological polar surface area (TPSA) is 89.5 Å². The Morgan fingerprint density at radius 2 is 1.73 bits per heavy atom. The van der Waals surface area contributed by atoms with Gasteiger partial charge in [0.25, 0.3) is 0 Å². The van der Waals surface area contributed by atoms with Crippen LogP contribution in [0.1, 0.15) is 43.4 Å². The number of piperidine rings is 1. The third-order valence-electron chi connectivity index (χ3n) is 8.20. The number of halogens is 1. The maximum atomic E-state index is 14.9. The second kappa shape index (κ2) is 13.5. The summed E-state index contributed by atoms with van der Waals surface area (Å²) in [7, 11) is 4.25. The largest absolute Gasteiger partial charge is 0.354 e. The van der Waals surface area contributed by atoms with Gasteiger partial charge in [-0.3, -0.25) is 4.79 Å². The van der Waals surface area contributed by atoms with E-state index in [4.69, 9.17) is 0 Å². The second-order valence-electron chi connectivity index (χ2n) is 11.3. The Morgan fingerprint density at radius 3 is 2.49 bits per heavy atom. The average Bonchev–Trinajstić information content (AvgIpc) is 2.98. The van der Waals surface area contributed by atoms with Crippen molar-refractivity contribution in [1.29, 1.82) is 0 Å². The number of carbonyl (C=O) groups is 1. The molecular formula is C31H41FN8O. The van der Waals surface area contributed by atoms with E-state index < -0.39 is 0 Å². The molecule has 0 unspecified atom stereocenters. The van der Waals surface area contributed by atoms with Crippen LogP contribution in [0.25, 0.3) is 11.3 Å². The summed E-state index contributed by atoms with van der Waals surface area (Å²) in [6, 6.07) is 10.7. The number of carbonyl (C=O) groups excluding carboxylic acids is 1. The van der Waals surface area contributed by atoms with Gasteiger partial charge in [0, 0.05) is 68.6 Å². The normalized spacial score (nSPS) is 17.5. The molecule has 3 aromatic rings. The van der Waals surface area contributed by atoms with Gasteiger partial charge in [-0.2, -0.15) is 5.10 Å². The van der Waals surface area contributed by atoms with Crippen LogP contribution >= 0.6 is 0 Å². The van der Waals surface area contributed by atoms with Gasteiger partial charge < -0.3 is 25.3 Å². The Balaban J connectivity index is 1.34. The molecule has 4 heterocycles. The first-order valence-corrected chi connectivity index (χ1v) is 14.7. The zero-order valence-corrected chi connectivity index (χ0v) is 24.4. The van der Waals surface area contributed by atoms with E-state index in [0.29, 0.717) is 23.5 Å². The van der Waals surface area contributed by atoms with Crippen LogP contribution in [0.15, 0.2) is 42.6 Å². The molecule has 0 radical (unpaired) electrons. The van der Waals surface area contributed by atoms with Gasteiger partial charge in [0.2, 0.25) is 5.91 Å². The van der Waals surface area contributed by atoms with E-state index in [9.17, 15) is 9.18 Å². The van der Waals surface area contributed by atoms with E-state index in [1.807, 2.05) is 31.2 Å². The Hall–Kier alpha value is -3.47. The van der Waals surface area contributed by atoms with Crippen molar-refractivity contribution in [3.8, 4) is 11.3 Å². The lowest BCUT2D eigenvalue weighted by Crippen LogP contribution is -2.45. The second-order valence-corrected chi connectivity index (χ2v) is 11.3. The summed E-state index contributed by atoms with van der Waals surface area (Å²) in [4.78, 5) is 24.0. The molecule has 0 bridgehead atoms. The van der Waals surface area contributed by atoms with E-state index >= 15 is 0 Å². The quantitative estimate of drug-likeness (QED) is 0.399. The Bertz CT molecular complexity index is 1340. The van der Waals surface area contributed by atoms with E-state index in [-0.39, 0.29) is 17.6 Å². The molecule has 0 aliphatic carbocycles. The van der Waals surface area contributed by atoms with Gasteiger partial charge in [-0.15, -0.1) is 5.10 Å². The van der Waals surface area contributed by atoms with E-state index in [0.717, 1.165) is 87.7 Å². The fourth-order valence-electron chi connectivity index (χ4n) is 5.47. The molecule has 0 atom stereocenters. The number of likely N-dealkylation sites (tertiary alicyclic amines) is 1. The minimum Gasteiger partial charge on any atom is -0.354 e. The van der Waals surface area contributed by atoms with Crippen LogP contribution in [0.5, 0.6) is 0 Å². The van der Waals surface area contributed by atoms with E-state index in [2.05, 4.69) is 54.6 Å². The maximum Gasteiger partial charge on any atom is 0.226 e. The van der Waals surface area contributed by atoms with E-state index in [1.54, 1.807) is 12.3 Å². The first kappa shape index (κ1) is 29.0. The van der Waals surface area contributed by atoms with Crippen molar-refractivity contribution in [1.82, 2.24) is 29.9 Å². The van der Waals surface area contributed by atoms with Crippen molar-refractivity contribution >= 4 is 23.1 Å². The van der Waals surface area contributed by atoms with Gasteiger partial charge in [-0.25, -0.2) is 9.37 Å².